The molecule has 28 heavy (non-hydrogen) atoms. The Bertz CT molecular complexity index is 977. The lowest BCUT2D eigenvalue weighted by molar-refractivity contribution is 0.0992. The lowest BCUT2D eigenvalue weighted by atomic mass is 9.99. The molecule has 146 valence electrons. The molecule has 0 aliphatic rings. The quantitative estimate of drug-likeness (QED) is 0.457. The molecule has 1 aromatic heterocycles. The van der Waals surface area contributed by atoms with Crippen LogP contribution in [0.3, 0.4) is 0 Å². The van der Waals surface area contributed by atoms with Gasteiger partial charge < -0.3 is 19.6 Å². The summed E-state index contributed by atoms with van der Waals surface area (Å²) >= 11 is 3.38. The molecule has 3 aromatic rings. The molecular weight excluding hydrogens is 422 g/mol. The van der Waals surface area contributed by atoms with Crippen molar-refractivity contribution in [3.05, 3.63) is 75.7 Å². The number of hydrogen-bond acceptors (Lipinski definition) is 4. The van der Waals surface area contributed by atoms with Crippen molar-refractivity contribution in [3.8, 4) is 11.5 Å². The molecule has 0 bridgehead atoms. The Hall–Kier alpha value is -2.73. The Morgan fingerprint density at radius 2 is 1.89 bits per heavy atom. The zero-order valence-corrected chi connectivity index (χ0v) is 17.5. The molecule has 3 rings (SSSR count). The number of phenols is 1. The zero-order chi connectivity index (χ0) is 20.3. The van der Waals surface area contributed by atoms with Crippen LogP contribution in [-0.4, -0.2) is 11.0 Å². The summed E-state index contributed by atoms with van der Waals surface area (Å²) in [5.74, 6) is 1.49. The van der Waals surface area contributed by atoms with Gasteiger partial charge in [-0.3, -0.25) is 4.79 Å². The SMILES string of the molecule is Cc1cc(O)c(C(C)C)cc1NC(=O)c1ccc(COc2ccc(Br)cc2)o1. The maximum atomic E-state index is 12.5. The molecule has 0 aliphatic carbocycles. The molecule has 1 amide bonds. The molecule has 0 aliphatic heterocycles. The fraction of sp³-hybridized carbons (Fsp3) is 0.227. The molecule has 1 heterocycles. The van der Waals surface area contributed by atoms with Crippen molar-refractivity contribution < 1.29 is 19.1 Å². The van der Waals surface area contributed by atoms with Crippen LogP contribution < -0.4 is 10.1 Å². The summed E-state index contributed by atoms with van der Waals surface area (Å²) in [5, 5.41) is 12.9. The number of carbonyl (C=O) groups excluding carboxylic acids is 1. The summed E-state index contributed by atoms with van der Waals surface area (Å²) < 4.78 is 12.2. The highest BCUT2D eigenvalue weighted by atomic mass is 79.9. The number of aromatic hydroxyl groups is 1. The number of ether oxygens (including phenoxy) is 1. The van der Waals surface area contributed by atoms with E-state index >= 15 is 0 Å². The van der Waals surface area contributed by atoms with Crippen LogP contribution in [0.25, 0.3) is 0 Å². The number of halogens is 1. The monoisotopic (exact) mass is 443 g/mol. The van der Waals surface area contributed by atoms with E-state index in [9.17, 15) is 9.90 Å². The van der Waals surface area contributed by atoms with Crippen LogP contribution in [0.4, 0.5) is 5.69 Å². The minimum Gasteiger partial charge on any atom is -0.508 e. The van der Waals surface area contributed by atoms with Crippen LogP contribution in [-0.2, 0) is 6.61 Å². The largest absolute Gasteiger partial charge is 0.508 e. The second-order valence-electron chi connectivity index (χ2n) is 6.84. The van der Waals surface area contributed by atoms with Crippen LogP contribution >= 0.6 is 15.9 Å². The highest BCUT2D eigenvalue weighted by molar-refractivity contribution is 9.10. The van der Waals surface area contributed by atoms with Gasteiger partial charge in [-0.15, -0.1) is 0 Å². The Morgan fingerprint density at radius 3 is 2.57 bits per heavy atom. The lowest BCUT2D eigenvalue weighted by Gasteiger charge is -2.14. The highest BCUT2D eigenvalue weighted by Gasteiger charge is 2.15. The van der Waals surface area contributed by atoms with Gasteiger partial charge in [0.05, 0.1) is 0 Å². The molecule has 6 heteroatoms. The van der Waals surface area contributed by atoms with E-state index in [1.165, 1.54) is 0 Å². The summed E-state index contributed by atoms with van der Waals surface area (Å²) in [6.45, 7) is 6.03. The number of rotatable bonds is 6. The van der Waals surface area contributed by atoms with Gasteiger partial charge in [-0.25, -0.2) is 0 Å². The van der Waals surface area contributed by atoms with Gasteiger partial charge in [0.15, 0.2) is 5.76 Å². The van der Waals surface area contributed by atoms with E-state index in [0.717, 1.165) is 15.6 Å². The minimum atomic E-state index is -0.349. The first-order chi connectivity index (χ1) is 13.3. The summed E-state index contributed by atoms with van der Waals surface area (Å²) in [6.07, 6.45) is 0. The third kappa shape index (κ3) is 4.75. The van der Waals surface area contributed by atoms with Gasteiger partial charge in [0.25, 0.3) is 5.91 Å². The maximum absolute atomic E-state index is 12.5. The minimum absolute atomic E-state index is 0.141. The van der Waals surface area contributed by atoms with Crippen molar-refractivity contribution in [3.63, 3.8) is 0 Å². The van der Waals surface area contributed by atoms with E-state index in [2.05, 4.69) is 21.2 Å². The van der Waals surface area contributed by atoms with Gasteiger partial charge in [0.1, 0.15) is 23.9 Å². The number of hydrogen-bond donors (Lipinski definition) is 2. The zero-order valence-electron chi connectivity index (χ0n) is 16.0. The molecule has 0 spiro atoms. The van der Waals surface area contributed by atoms with Crippen LogP contribution in [0.15, 0.2) is 57.4 Å². The number of amides is 1. The van der Waals surface area contributed by atoms with E-state index in [-0.39, 0.29) is 29.9 Å². The topological polar surface area (TPSA) is 71.7 Å². The number of aryl methyl sites for hydroxylation is 1. The van der Waals surface area contributed by atoms with Crippen molar-refractivity contribution in [2.45, 2.75) is 33.3 Å². The molecule has 2 aromatic carbocycles. The third-order valence-corrected chi connectivity index (χ3v) is 4.85. The second-order valence-corrected chi connectivity index (χ2v) is 7.76. The summed E-state index contributed by atoms with van der Waals surface area (Å²) in [4.78, 5) is 12.5. The predicted octanol–water partition coefficient (Wildman–Crippen LogP) is 6.01. The lowest BCUT2D eigenvalue weighted by Crippen LogP contribution is -2.12. The average Bonchev–Trinajstić information content (AvgIpc) is 3.12. The molecule has 5 nitrogen and oxygen atoms in total. The van der Waals surface area contributed by atoms with Gasteiger partial charge in [-0.1, -0.05) is 29.8 Å². The fourth-order valence-electron chi connectivity index (χ4n) is 2.75. The van der Waals surface area contributed by atoms with Crippen molar-refractivity contribution >= 4 is 27.5 Å². The number of anilines is 1. The molecule has 0 radical (unpaired) electrons. The molecule has 0 fully saturated rings. The normalized spacial score (nSPS) is 10.9. The number of benzene rings is 2. The van der Waals surface area contributed by atoms with Gasteiger partial charge in [0, 0.05) is 10.2 Å². The summed E-state index contributed by atoms with van der Waals surface area (Å²) in [5.41, 5.74) is 2.21. The molecule has 0 atom stereocenters. The van der Waals surface area contributed by atoms with Crippen LogP contribution in [0, 0.1) is 6.92 Å². The predicted molar refractivity (Wildman–Crippen MR) is 112 cm³/mol. The van der Waals surface area contributed by atoms with Gasteiger partial charge in [-0.05, 0) is 72.5 Å². The Kier molecular flexibility index (Phi) is 6.09. The van der Waals surface area contributed by atoms with Crippen LogP contribution in [0.1, 0.15) is 47.2 Å². The van der Waals surface area contributed by atoms with Gasteiger partial charge >= 0.3 is 0 Å². The molecular formula is C22H22BrNO4. The first-order valence-corrected chi connectivity index (χ1v) is 9.74. The van der Waals surface area contributed by atoms with Gasteiger partial charge in [-0.2, -0.15) is 0 Å². The standard InChI is InChI=1S/C22H22BrNO4/c1-13(2)18-11-19(14(3)10-20(18)25)24-22(26)21-9-8-17(28-21)12-27-16-6-4-15(23)5-7-16/h4-11,13,25H,12H2,1-3H3,(H,24,26). The van der Waals surface area contributed by atoms with Crippen molar-refractivity contribution in [2.75, 3.05) is 5.32 Å². The van der Waals surface area contributed by atoms with Crippen molar-refractivity contribution in [2.24, 2.45) is 0 Å². The average molecular weight is 444 g/mol. The van der Waals surface area contributed by atoms with Crippen LogP contribution in [0.5, 0.6) is 11.5 Å². The van der Waals surface area contributed by atoms with E-state index in [0.29, 0.717) is 17.2 Å². The molecule has 0 unspecified atom stereocenters. The Morgan fingerprint density at radius 1 is 1.18 bits per heavy atom. The van der Waals surface area contributed by atoms with E-state index < -0.39 is 0 Å². The number of nitrogens with one attached hydrogen (secondary N) is 1. The first kappa shape index (κ1) is 20.0. The number of furan rings is 1. The highest BCUT2D eigenvalue weighted by Crippen LogP contribution is 2.31. The van der Waals surface area contributed by atoms with Gasteiger partial charge in [0.2, 0.25) is 0 Å². The number of carbonyl (C=O) groups is 1. The second kappa shape index (κ2) is 8.52. The first-order valence-electron chi connectivity index (χ1n) is 8.95. The maximum Gasteiger partial charge on any atom is 0.291 e. The summed E-state index contributed by atoms with van der Waals surface area (Å²) in [7, 11) is 0. The van der Waals surface area contributed by atoms with E-state index in [1.54, 1.807) is 24.3 Å². The third-order valence-electron chi connectivity index (χ3n) is 4.32. The van der Waals surface area contributed by atoms with Crippen LogP contribution in [0.2, 0.25) is 0 Å². The molecule has 2 N–H and O–H groups in total. The smallest absolute Gasteiger partial charge is 0.291 e. The summed E-state index contributed by atoms with van der Waals surface area (Å²) in [6, 6.07) is 14.3. The van der Waals surface area contributed by atoms with Crippen molar-refractivity contribution in [1.82, 2.24) is 0 Å². The Balaban J connectivity index is 1.67. The fourth-order valence-corrected chi connectivity index (χ4v) is 3.02. The molecule has 0 saturated heterocycles. The van der Waals surface area contributed by atoms with E-state index in [1.807, 2.05) is 45.0 Å². The molecule has 0 saturated carbocycles. The van der Waals surface area contributed by atoms with Crippen molar-refractivity contribution in [1.29, 1.82) is 0 Å². The van der Waals surface area contributed by atoms with E-state index in [4.69, 9.17) is 9.15 Å². The Labute approximate surface area is 172 Å². The number of phenolic OH excluding ortho intramolecular Hbond substituents is 1.